The van der Waals surface area contributed by atoms with Gasteiger partial charge in [0.1, 0.15) is 5.60 Å². The number of methoxy groups -OCH3 is 1. The first-order chi connectivity index (χ1) is 7.16. The summed E-state index contributed by atoms with van der Waals surface area (Å²) in [5.41, 5.74) is 0.473. The molecule has 0 N–H and O–H groups in total. The summed E-state index contributed by atoms with van der Waals surface area (Å²) in [4.78, 5) is 12.0. The highest BCUT2D eigenvalue weighted by molar-refractivity contribution is 5.90. The van der Waals surface area contributed by atoms with E-state index in [9.17, 15) is 4.79 Å². The maximum absolute atomic E-state index is 12.0. The maximum Gasteiger partial charge on any atom is 0.169 e. The predicted molar refractivity (Wildman–Crippen MR) is 55.5 cm³/mol. The molecule has 0 radical (unpaired) electrons. The molecule has 4 heteroatoms. The molecular weight excluding hydrogens is 192 g/mol. The number of carbonyl (C=O) groups excluding carboxylic acids is 1. The van der Waals surface area contributed by atoms with Gasteiger partial charge in [-0.1, -0.05) is 0 Å². The molecule has 0 unspecified atom stereocenters. The van der Waals surface area contributed by atoms with Gasteiger partial charge >= 0.3 is 0 Å². The Hall–Kier alpha value is -1.16. The molecule has 1 aliphatic rings. The number of ether oxygens (including phenoxy) is 1. The average molecular weight is 208 g/mol. The van der Waals surface area contributed by atoms with Crippen LogP contribution in [0.5, 0.6) is 0 Å². The van der Waals surface area contributed by atoms with Crippen LogP contribution in [-0.4, -0.2) is 28.3 Å². The van der Waals surface area contributed by atoms with Crippen LogP contribution >= 0.6 is 0 Å². The minimum absolute atomic E-state index is 0.184. The lowest BCUT2D eigenvalue weighted by molar-refractivity contribution is -0.151. The van der Waals surface area contributed by atoms with Gasteiger partial charge in [-0.25, -0.2) is 0 Å². The van der Waals surface area contributed by atoms with E-state index >= 15 is 0 Å². The SMILES string of the molecule is COC1(C(=O)Cc2cnn(C)c2)CCC1. The fraction of sp³-hybridized carbons (Fsp3) is 0.636. The second kappa shape index (κ2) is 3.77. The minimum Gasteiger partial charge on any atom is -0.370 e. The topological polar surface area (TPSA) is 44.1 Å². The zero-order valence-electron chi connectivity index (χ0n) is 9.19. The molecule has 0 amide bonds. The van der Waals surface area contributed by atoms with Crippen LogP contribution in [0.15, 0.2) is 12.4 Å². The Labute approximate surface area is 89.2 Å². The van der Waals surface area contributed by atoms with Crippen LogP contribution in [0.3, 0.4) is 0 Å². The van der Waals surface area contributed by atoms with Crippen LogP contribution in [0, 0.1) is 0 Å². The second-order valence-electron chi connectivity index (χ2n) is 4.17. The van der Waals surface area contributed by atoms with Gasteiger partial charge < -0.3 is 4.74 Å². The van der Waals surface area contributed by atoms with E-state index in [1.165, 1.54) is 0 Å². The molecule has 0 aliphatic heterocycles. The molecule has 15 heavy (non-hydrogen) atoms. The van der Waals surface area contributed by atoms with Crippen molar-refractivity contribution in [3.63, 3.8) is 0 Å². The second-order valence-corrected chi connectivity index (χ2v) is 4.17. The Bertz CT molecular complexity index is 361. The highest BCUT2D eigenvalue weighted by atomic mass is 16.5. The minimum atomic E-state index is -0.490. The Balaban J connectivity index is 2.03. The van der Waals surface area contributed by atoms with Crippen molar-refractivity contribution in [3.8, 4) is 0 Å². The van der Waals surface area contributed by atoms with E-state index in [0.717, 1.165) is 24.8 Å². The van der Waals surface area contributed by atoms with Gasteiger partial charge in [-0.15, -0.1) is 0 Å². The van der Waals surface area contributed by atoms with Gasteiger partial charge in [-0.2, -0.15) is 5.10 Å². The zero-order chi connectivity index (χ0) is 10.9. The lowest BCUT2D eigenvalue weighted by Crippen LogP contribution is -2.47. The van der Waals surface area contributed by atoms with Crippen molar-refractivity contribution in [3.05, 3.63) is 18.0 Å². The fourth-order valence-corrected chi connectivity index (χ4v) is 2.00. The maximum atomic E-state index is 12.0. The molecule has 1 fully saturated rings. The number of carbonyl (C=O) groups is 1. The van der Waals surface area contributed by atoms with E-state index in [1.807, 2.05) is 13.2 Å². The number of rotatable bonds is 4. The molecule has 1 aromatic heterocycles. The first kappa shape index (κ1) is 10.4. The van der Waals surface area contributed by atoms with Crippen molar-refractivity contribution >= 4 is 5.78 Å². The van der Waals surface area contributed by atoms with Crippen LogP contribution < -0.4 is 0 Å². The summed E-state index contributed by atoms with van der Waals surface area (Å²) < 4.78 is 7.05. The third-order valence-corrected chi connectivity index (χ3v) is 3.18. The van der Waals surface area contributed by atoms with Gasteiger partial charge in [-0.3, -0.25) is 9.48 Å². The van der Waals surface area contributed by atoms with E-state index in [2.05, 4.69) is 5.10 Å². The van der Waals surface area contributed by atoms with Crippen LogP contribution in [0.4, 0.5) is 0 Å². The number of ketones is 1. The quantitative estimate of drug-likeness (QED) is 0.744. The van der Waals surface area contributed by atoms with E-state index < -0.39 is 5.60 Å². The predicted octanol–water partition coefficient (Wildman–Crippen LogP) is 1.10. The number of nitrogens with zero attached hydrogens (tertiary/aromatic N) is 2. The van der Waals surface area contributed by atoms with E-state index in [1.54, 1.807) is 18.0 Å². The molecule has 0 bridgehead atoms. The van der Waals surface area contributed by atoms with Crippen LogP contribution in [0.25, 0.3) is 0 Å². The molecule has 82 valence electrons. The first-order valence-corrected chi connectivity index (χ1v) is 5.22. The average Bonchev–Trinajstić information content (AvgIpc) is 2.50. The zero-order valence-corrected chi connectivity index (χ0v) is 9.19. The summed E-state index contributed by atoms with van der Waals surface area (Å²) in [5, 5.41) is 4.05. The molecule has 0 spiro atoms. The largest absolute Gasteiger partial charge is 0.370 e. The van der Waals surface area contributed by atoms with Crippen molar-refractivity contribution in [1.82, 2.24) is 9.78 Å². The van der Waals surface area contributed by atoms with E-state index in [-0.39, 0.29) is 5.78 Å². The molecule has 1 aliphatic carbocycles. The summed E-state index contributed by atoms with van der Waals surface area (Å²) in [6.07, 6.45) is 6.86. The fourth-order valence-electron chi connectivity index (χ4n) is 2.00. The monoisotopic (exact) mass is 208 g/mol. The molecule has 2 rings (SSSR count). The van der Waals surface area contributed by atoms with Gasteiger partial charge in [0.25, 0.3) is 0 Å². The normalized spacial score (nSPS) is 18.5. The molecule has 1 saturated carbocycles. The van der Waals surface area contributed by atoms with Crippen molar-refractivity contribution in [2.24, 2.45) is 7.05 Å². The molecule has 0 aromatic carbocycles. The molecule has 1 heterocycles. The summed E-state index contributed by atoms with van der Waals surface area (Å²) >= 11 is 0. The van der Waals surface area contributed by atoms with Gasteiger partial charge in [0, 0.05) is 26.8 Å². The van der Waals surface area contributed by atoms with Crippen molar-refractivity contribution in [2.75, 3.05) is 7.11 Å². The van der Waals surface area contributed by atoms with Gasteiger partial charge in [0.15, 0.2) is 5.78 Å². The number of aromatic nitrogens is 2. The summed E-state index contributed by atoms with van der Waals surface area (Å²) in [5.74, 6) is 0.184. The van der Waals surface area contributed by atoms with E-state index in [0.29, 0.717) is 6.42 Å². The molecule has 0 saturated heterocycles. The smallest absolute Gasteiger partial charge is 0.169 e. The van der Waals surface area contributed by atoms with Gasteiger partial charge in [0.05, 0.1) is 6.20 Å². The lowest BCUT2D eigenvalue weighted by Gasteiger charge is -2.38. The van der Waals surface area contributed by atoms with Crippen molar-refractivity contribution in [2.45, 2.75) is 31.3 Å². The van der Waals surface area contributed by atoms with Crippen LogP contribution in [0.2, 0.25) is 0 Å². The number of hydrogen-bond donors (Lipinski definition) is 0. The Morgan fingerprint density at radius 3 is 2.80 bits per heavy atom. The highest BCUT2D eigenvalue weighted by Crippen LogP contribution is 2.36. The van der Waals surface area contributed by atoms with Gasteiger partial charge in [-0.05, 0) is 24.8 Å². The highest BCUT2D eigenvalue weighted by Gasteiger charge is 2.43. The third-order valence-electron chi connectivity index (χ3n) is 3.18. The number of Topliss-reactive ketones (excluding diaryl/α,β-unsaturated/α-hetero) is 1. The molecule has 1 aromatic rings. The molecular formula is C11H16N2O2. The summed E-state index contributed by atoms with van der Waals surface area (Å²) in [7, 11) is 3.48. The first-order valence-electron chi connectivity index (χ1n) is 5.22. The lowest BCUT2D eigenvalue weighted by atomic mass is 9.75. The van der Waals surface area contributed by atoms with Crippen LogP contribution in [-0.2, 0) is 23.0 Å². The Morgan fingerprint density at radius 1 is 1.67 bits per heavy atom. The van der Waals surface area contributed by atoms with E-state index in [4.69, 9.17) is 4.74 Å². The molecule has 4 nitrogen and oxygen atoms in total. The Kier molecular flexibility index (Phi) is 2.61. The van der Waals surface area contributed by atoms with Crippen molar-refractivity contribution in [1.29, 1.82) is 0 Å². The summed E-state index contributed by atoms with van der Waals surface area (Å²) in [6, 6.07) is 0. The standard InChI is InChI=1S/C11H16N2O2/c1-13-8-9(7-12-13)6-10(14)11(15-2)4-3-5-11/h7-8H,3-6H2,1-2H3. The van der Waals surface area contributed by atoms with Crippen molar-refractivity contribution < 1.29 is 9.53 Å². The third kappa shape index (κ3) is 1.81. The number of aryl methyl sites for hydroxylation is 1. The summed E-state index contributed by atoms with van der Waals surface area (Å²) in [6.45, 7) is 0. The Morgan fingerprint density at radius 2 is 2.40 bits per heavy atom. The van der Waals surface area contributed by atoms with Gasteiger partial charge in [0.2, 0.25) is 0 Å². The number of hydrogen-bond acceptors (Lipinski definition) is 3. The molecule has 0 atom stereocenters. The van der Waals surface area contributed by atoms with Crippen LogP contribution in [0.1, 0.15) is 24.8 Å².